The van der Waals surface area contributed by atoms with Gasteiger partial charge in [-0.15, -0.1) is 0 Å². The van der Waals surface area contributed by atoms with Crippen LogP contribution in [0.1, 0.15) is 5.56 Å². The lowest BCUT2D eigenvalue weighted by Crippen LogP contribution is -2.37. The summed E-state index contributed by atoms with van der Waals surface area (Å²) in [6.07, 6.45) is 0.280. The Kier molecular flexibility index (Phi) is 6.22. The Morgan fingerprint density at radius 2 is 1.70 bits per heavy atom. The van der Waals surface area contributed by atoms with Crippen molar-refractivity contribution in [2.45, 2.75) is 12.5 Å². The van der Waals surface area contributed by atoms with Crippen LogP contribution in [0, 0.1) is 0 Å². The van der Waals surface area contributed by atoms with Gasteiger partial charge >= 0.3 is 12.8 Å². The number of nitrogens with one attached hydrogen (secondary N) is 1. The molecule has 2 aromatic carbocycles. The van der Waals surface area contributed by atoms with Gasteiger partial charge < -0.3 is 9.26 Å². The number of benzene rings is 2. The number of para-hydroxylation sites is 1. The van der Waals surface area contributed by atoms with Gasteiger partial charge in [0.15, 0.2) is 0 Å². The van der Waals surface area contributed by atoms with Gasteiger partial charge in [0.1, 0.15) is 11.8 Å². The predicted molar refractivity (Wildman–Crippen MR) is 89.6 cm³/mol. The Balaban J connectivity index is 2.10. The first-order chi connectivity index (χ1) is 11.0. The van der Waals surface area contributed by atoms with E-state index in [-0.39, 0.29) is 6.42 Å². The van der Waals surface area contributed by atoms with Crippen LogP contribution in [-0.2, 0) is 20.5 Å². The minimum atomic E-state index is -3.75. The number of carbonyl (C=O) groups excluding carboxylic acids is 1. The SMILES string of the molecule is COC(=O)[C@H](Cc1ccccc1)N[P@](=O)(Cl)Oc1ccccc1. The van der Waals surface area contributed by atoms with Crippen molar-refractivity contribution in [3.8, 4) is 5.75 Å². The summed E-state index contributed by atoms with van der Waals surface area (Å²) < 4.78 is 22.4. The maximum absolute atomic E-state index is 12.4. The highest BCUT2D eigenvalue weighted by Crippen LogP contribution is 2.48. The quantitative estimate of drug-likeness (QED) is 0.606. The van der Waals surface area contributed by atoms with Gasteiger partial charge in [0.25, 0.3) is 0 Å². The summed E-state index contributed by atoms with van der Waals surface area (Å²) in [6.45, 7) is -3.75. The van der Waals surface area contributed by atoms with Gasteiger partial charge in [0.2, 0.25) is 0 Å². The molecule has 0 fully saturated rings. The number of ether oxygens (including phenoxy) is 1. The van der Waals surface area contributed by atoms with Gasteiger partial charge in [-0.3, -0.25) is 4.79 Å². The van der Waals surface area contributed by atoms with E-state index >= 15 is 0 Å². The van der Waals surface area contributed by atoms with Crippen LogP contribution in [0.4, 0.5) is 0 Å². The third kappa shape index (κ3) is 5.71. The highest BCUT2D eigenvalue weighted by atomic mass is 35.7. The summed E-state index contributed by atoms with van der Waals surface area (Å²) in [4.78, 5) is 11.9. The van der Waals surface area contributed by atoms with Gasteiger partial charge in [-0.05, 0) is 24.1 Å². The maximum Gasteiger partial charge on any atom is 0.409 e. The molecule has 0 spiro atoms. The highest BCUT2D eigenvalue weighted by Gasteiger charge is 2.30. The topological polar surface area (TPSA) is 64.6 Å². The Morgan fingerprint density at radius 1 is 1.13 bits per heavy atom. The molecule has 0 aliphatic heterocycles. The largest absolute Gasteiger partial charge is 0.468 e. The van der Waals surface area contributed by atoms with Crippen LogP contribution in [0.5, 0.6) is 5.75 Å². The molecule has 7 heteroatoms. The average Bonchev–Trinajstić information content (AvgIpc) is 2.54. The third-order valence-electron chi connectivity index (χ3n) is 3.04. The third-order valence-corrected chi connectivity index (χ3v) is 4.61. The van der Waals surface area contributed by atoms with Crippen LogP contribution in [0.2, 0.25) is 0 Å². The first-order valence-corrected chi connectivity index (χ1v) is 9.47. The lowest BCUT2D eigenvalue weighted by atomic mass is 10.1. The zero-order valence-electron chi connectivity index (χ0n) is 12.5. The van der Waals surface area contributed by atoms with Crippen LogP contribution in [0.3, 0.4) is 0 Å². The van der Waals surface area contributed by atoms with Crippen LogP contribution in [0.25, 0.3) is 0 Å². The smallest absolute Gasteiger partial charge is 0.409 e. The van der Waals surface area contributed by atoms with Gasteiger partial charge in [-0.25, -0.2) is 9.65 Å². The molecule has 1 N–H and O–H groups in total. The molecule has 5 nitrogen and oxygen atoms in total. The molecule has 0 aliphatic carbocycles. The van der Waals surface area contributed by atoms with Gasteiger partial charge in [0.05, 0.1) is 7.11 Å². The molecule has 2 aromatic rings. The first kappa shape index (κ1) is 17.5. The minimum absolute atomic E-state index is 0.280. The molecule has 0 amide bonds. The first-order valence-electron chi connectivity index (χ1n) is 6.94. The van der Waals surface area contributed by atoms with Crippen molar-refractivity contribution in [1.82, 2.24) is 5.09 Å². The second-order valence-electron chi connectivity index (χ2n) is 4.78. The number of hydrogen-bond donors (Lipinski definition) is 1. The summed E-state index contributed by atoms with van der Waals surface area (Å²) in [7, 11) is 1.26. The lowest BCUT2D eigenvalue weighted by Gasteiger charge is -2.20. The van der Waals surface area contributed by atoms with Crippen molar-refractivity contribution < 1.29 is 18.6 Å². The predicted octanol–water partition coefficient (Wildman–Crippen LogP) is 3.79. The molecule has 2 atom stereocenters. The number of halogens is 1. The summed E-state index contributed by atoms with van der Waals surface area (Å²) in [5, 5.41) is 2.57. The van der Waals surface area contributed by atoms with E-state index in [1.165, 1.54) is 7.11 Å². The molecule has 122 valence electrons. The Morgan fingerprint density at radius 3 is 2.26 bits per heavy atom. The second-order valence-corrected chi connectivity index (χ2v) is 7.51. The molecule has 0 radical (unpaired) electrons. The fraction of sp³-hybridized carbons (Fsp3) is 0.188. The summed E-state index contributed by atoms with van der Waals surface area (Å²) in [6, 6.07) is 16.9. The van der Waals surface area contributed by atoms with Crippen molar-refractivity contribution in [1.29, 1.82) is 0 Å². The van der Waals surface area contributed by atoms with E-state index in [0.29, 0.717) is 5.75 Å². The number of rotatable bonds is 7. The Bertz CT molecular complexity index is 681. The van der Waals surface area contributed by atoms with Crippen molar-refractivity contribution in [3.63, 3.8) is 0 Å². The average molecular weight is 354 g/mol. The zero-order chi connectivity index (χ0) is 16.7. The fourth-order valence-electron chi connectivity index (χ4n) is 2.00. The fourth-order valence-corrected chi connectivity index (χ4v) is 3.61. The summed E-state index contributed by atoms with van der Waals surface area (Å²) in [5.41, 5.74) is 0.881. The lowest BCUT2D eigenvalue weighted by molar-refractivity contribution is -0.142. The highest BCUT2D eigenvalue weighted by molar-refractivity contribution is 7.84. The Hall–Kier alpha value is -1.81. The number of carbonyl (C=O) groups is 1. The second kappa shape index (κ2) is 8.16. The zero-order valence-corrected chi connectivity index (χ0v) is 14.2. The molecular formula is C16H17ClNO4P. The van der Waals surface area contributed by atoms with E-state index in [9.17, 15) is 9.36 Å². The summed E-state index contributed by atoms with van der Waals surface area (Å²) >= 11 is 5.95. The summed E-state index contributed by atoms with van der Waals surface area (Å²) in [5.74, 6) is -0.215. The van der Waals surface area contributed by atoms with Crippen LogP contribution in [-0.4, -0.2) is 19.1 Å². The number of methoxy groups -OCH3 is 1. The van der Waals surface area contributed by atoms with E-state index < -0.39 is 18.9 Å². The standard InChI is InChI=1S/C16H17ClNO4P/c1-21-16(19)15(12-13-8-4-2-5-9-13)18-23(17,20)22-14-10-6-3-7-11-14/h2-11,15H,12H2,1H3,(H,18,20)/t15-,23-/m0/s1. The van der Waals surface area contributed by atoms with E-state index in [1.807, 2.05) is 30.3 Å². The molecule has 0 aromatic heterocycles. The van der Waals surface area contributed by atoms with Crippen LogP contribution >= 0.6 is 18.1 Å². The van der Waals surface area contributed by atoms with Crippen molar-refractivity contribution >= 4 is 24.1 Å². The number of hydrogen-bond acceptors (Lipinski definition) is 4. The number of esters is 1. The molecule has 0 bridgehead atoms. The van der Waals surface area contributed by atoms with Crippen molar-refractivity contribution in [2.75, 3.05) is 7.11 Å². The molecule has 0 unspecified atom stereocenters. The van der Waals surface area contributed by atoms with Gasteiger partial charge in [0, 0.05) is 11.2 Å². The molecule has 2 rings (SSSR count). The Labute approximate surface area is 139 Å². The van der Waals surface area contributed by atoms with E-state index in [0.717, 1.165) is 5.56 Å². The molecule has 0 saturated carbocycles. The van der Waals surface area contributed by atoms with Crippen molar-refractivity contribution in [2.24, 2.45) is 0 Å². The monoisotopic (exact) mass is 353 g/mol. The maximum atomic E-state index is 12.4. The molecule has 23 heavy (non-hydrogen) atoms. The van der Waals surface area contributed by atoms with E-state index in [4.69, 9.17) is 20.5 Å². The normalized spacial score (nSPS) is 14.5. The van der Waals surface area contributed by atoms with E-state index in [1.54, 1.807) is 30.3 Å². The molecule has 0 aliphatic rings. The van der Waals surface area contributed by atoms with Gasteiger partial charge in [-0.2, -0.15) is 0 Å². The molecular weight excluding hydrogens is 337 g/mol. The minimum Gasteiger partial charge on any atom is -0.468 e. The van der Waals surface area contributed by atoms with E-state index in [2.05, 4.69) is 5.09 Å². The van der Waals surface area contributed by atoms with Crippen molar-refractivity contribution in [3.05, 3.63) is 66.2 Å². The van der Waals surface area contributed by atoms with Crippen LogP contribution < -0.4 is 9.61 Å². The van der Waals surface area contributed by atoms with Crippen LogP contribution in [0.15, 0.2) is 60.7 Å². The molecule has 0 heterocycles. The molecule has 0 saturated heterocycles. The van der Waals surface area contributed by atoms with Gasteiger partial charge in [-0.1, -0.05) is 48.5 Å².